The maximum absolute atomic E-state index is 12.4. The highest BCUT2D eigenvalue weighted by atomic mass is 35.5. The molecule has 1 atom stereocenters. The molecule has 1 aromatic heterocycles. The van der Waals surface area contributed by atoms with Crippen LogP contribution in [0, 0.1) is 0 Å². The summed E-state index contributed by atoms with van der Waals surface area (Å²) < 4.78 is 11.3. The van der Waals surface area contributed by atoms with E-state index in [1.165, 1.54) is 0 Å². The number of carbonyl (C=O) groups excluding carboxylic acids is 1. The van der Waals surface area contributed by atoms with Gasteiger partial charge in [0.15, 0.2) is 0 Å². The number of carbonyl (C=O) groups is 1. The number of hydrogen-bond donors (Lipinski definition) is 0. The zero-order chi connectivity index (χ0) is 18.8. The average Bonchev–Trinajstić information content (AvgIpc) is 3.34. The van der Waals surface area contributed by atoms with Crippen LogP contribution in [0.1, 0.15) is 18.7 Å². The summed E-state index contributed by atoms with van der Waals surface area (Å²) >= 11 is 12.1. The van der Waals surface area contributed by atoms with Crippen LogP contribution >= 0.6 is 23.2 Å². The molecule has 7 nitrogen and oxygen atoms in total. The Labute approximate surface area is 167 Å². The number of aromatic nitrogens is 2. The first-order valence-corrected chi connectivity index (χ1v) is 9.76. The second kappa shape index (κ2) is 8.14. The molecular weight excluding hydrogens is 391 g/mol. The van der Waals surface area contributed by atoms with Crippen LogP contribution in [0.25, 0.3) is 11.5 Å². The zero-order valence-corrected chi connectivity index (χ0v) is 16.2. The highest BCUT2D eigenvalue weighted by Crippen LogP contribution is 2.29. The van der Waals surface area contributed by atoms with Gasteiger partial charge in [0.05, 0.1) is 17.1 Å². The van der Waals surface area contributed by atoms with Gasteiger partial charge in [-0.15, -0.1) is 10.2 Å². The van der Waals surface area contributed by atoms with Gasteiger partial charge in [0.2, 0.25) is 11.8 Å². The Morgan fingerprint density at radius 2 is 2.00 bits per heavy atom. The van der Waals surface area contributed by atoms with Crippen molar-refractivity contribution in [3.8, 4) is 11.5 Å². The summed E-state index contributed by atoms with van der Waals surface area (Å²) in [5, 5.41) is 9.23. The lowest BCUT2D eigenvalue weighted by molar-refractivity contribution is -0.142. The van der Waals surface area contributed by atoms with Crippen molar-refractivity contribution in [1.29, 1.82) is 0 Å². The molecule has 0 bridgehead atoms. The third-order valence-corrected chi connectivity index (χ3v) is 5.42. The van der Waals surface area contributed by atoms with Crippen LogP contribution in [0.15, 0.2) is 22.6 Å². The number of halogens is 2. The minimum atomic E-state index is -0.251. The number of hydrogen-bond acceptors (Lipinski definition) is 6. The molecule has 1 aromatic carbocycles. The van der Waals surface area contributed by atoms with E-state index in [2.05, 4.69) is 15.1 Å². The van der Waals surface area contributed by atoms with E-state index < -0.39 is 0 Å². The lowest BCUT2D eigenvalue weighted by Gasteiger charge is -2.35. The summed E-state index contributed by atoms with van der Waals surface area (Å²) in [6, 6.07) is 5.14. The Morgan fingerprint density at radius 3 is 2.70 bits per heavy atom. The maximum atomic E-state index is 12.4. The molecule has 3 heterocycles. The van der Waals surface area contributed by atoms with Crippen molar-refractivity contribution in [3.63, 3.8) is 0 Å². The predicted octanol–water partition coefficient (Wildman–Crippen LogP) is 2.87. The largest absolute Gasteiger partial charge is 0.419 e. The van der Waals surface area contributed by atoms with Gasteiger partial charge in [0.1, 0.15) is 6.10 Å². The predicted molar refractivity (Wildman–Crippen MR) is 101 cm³/mol. The van der Waals surface area contributed by atoms with Crippen molar-refractivity contribution in [2.75, 3.05) is 32.8 Å². The van der Waals surface area contributed by atoms with Crippen molar-refractivity contribution < 1.29 is 13.9 Å². The summed E-state index contributed by atoms with van der Waals surface area (Å²) in [6.45, 7) is 4.12. The number of ether oxygens (including phenoxy) is 1. The molecule has 0 spiro atoms. The summed E-state index contributed by atoms with van der Waals surface area (Å²) in [4.78, 5) is 16.5. The van der Waals surface area contributed by atoms with E-state index in [-0.39, 0.29) is 12.0 Å². The average molecular weight is 411 g/mol. The van der Waals surface area contributed by atoms with Crippen molar-refractivity contribution >= 4 is 29.1 Å². The standard InChI is InChI=1S/C18H20Cl2N4O3/c19-12-3-4-13(14(20)10-12)17-22-21-16(27-17)11-23-5-7-24(8-6-23)18(25)15-2-1-9-26-15/h3-4,10,15H,1-2,5-9,11H2. The molecule has 1 unspecified atom stereocenters. The van der Waals surface area contributed by atoms with Gasteiger partial charge in [-0.3, -0.25) is 9.69 Å². The Morgan fingerprint density at radius 1 is 1.19 bits per heavy atom. The van der Waals surface area contributed by atoms with Crippen LogP contribution in [0.2, 0.25) is 10.0 Å². The summed E-state index contributed by atoms with van der Waals surface area (Å²) in [5.41, 5.74) is 0.659. The molecule has 4 rings (SSSR count). The molecule has 144 valence electrons. The van der Waals surface area contributed by atoms with E-state index in [0.29, 0.717) is 53.6 Å². The minimum absolute atomic E-state index is 0.115. The fourth-order valence-electron chi connectivity index (χ4n) is 3.38. The number of nitrogens with zero attached hydrogens (tertiary/aromatic N) is 4. The minimum Gasteiger partial charge on any atom is -0.419 e. The lowest BCUT2D eigenvalue weighted by atomic mass is 10.2. The SMILES string of the molecule is O=C(C1CCCO1)N1CCN(Cc2nnc(-c3ccc(Cl)cc3Cl)o2)CC1. The quantitative estimate of drug-likeness (QED) is 0.771. The second-order valence-electron chi connectivity index (χ2n) is 6.73. The Kier molecular flexibility index (Phi) is 5.63. The first kappa shape index (κ1) is 18.7. The molecular formula is C18H20Cl2N4O3. The number of rotatable bonds is 4. The monoisotopic (exact) mass is 410 g/mol. The summed E-state index contributed by atoms with van der Waals surface area (Å²) in [7, 11) is 0. The molecule has 2 aromatic rings. The molecule has 0 aliphatic carbocycles. The zero-order valence-electron chi connectivity index (χ0n) is 14.7. The number of amides is 1. The van der Waals surface area contributed by atoms with Gasteiger partial charge in [0.25, 0.3) is 5.91 Å². The Bertz CT molecular complexity index is 815. The first-order valence-electron chi connectivity index (χ1n) is 9.01. The van der Waals surface area contributed by atoms with Crippen molar-refractivity contribution in [1.82, 2.24) is 20.0 Å². The van der Waals surface area contributed by atoms with Crippen molar-refractivity contribution in [2.24, 2.45) is 0 Å². The van der Waals surface area contributed by atoms with Gasteiger partial charge >= 0.3 is 0 Å². The van der Waals surface area contributed by atoms with Crippen LogP contribution in [-0.4, -0.2) is 64.8 Å². The van der Waals surface area contributed by atoms with Crippen molar-refractivity contribution in [2.45, 2.75) is 25.5 Å². The van der Waals surface area contributed by atoms with Gasteiger partial charge in [-0.05, 0) is 31.0 Å². The van der Waals surface area contributed by atoms with Crippen LogP contribution in [0.3, 0.4) is 0 Å². The van der Waals surface area contributed by atoms with Crippen LogP contribution in [0.4, 0.5) is 0 Å². The van der Waals surface area contributed by atoms with Crippen LogP contribution < -0.4 is 0 Å². The third kappa shape index (κ3) is 4.27. The molecule has 27 heavy (non-hydrogen) atoms. The highest BCUT2D eigenvalue weighted by Gasteiger charge is 2.30. The molecule has 2 aliphatic rings. The second-order valence-corrected chi connectivity index (χ2v) is 7.57. The van der Waals surface area contributed by atoms with E-state index in [1.54, 1.807) is 18.2 Å². The Hall–Kier alpha value is -1.67. The molecule has 0 radical (unpaired) electrons. The van der Waals surface area contributed by atoms with E-state index in [0.717, 1.165) is 25.9 Å². The first-order chi connectivity index (χ1) is 13.1. The van der Waals surface area contributed by atoms with Gasteiger partial charge in [0, 0.05) is 37.8 Å². The molecule has 2 fully saturated rings. The topological polar surface area (TPSA) is 71.7 Å². The molecule has 1 amide bonds. The normalized spacial score (nSPS) is 21.0. The lowest BCUT2D eigenvalue weighted by Crippen LogP contribution is -2.51. The maximum Gasteiger partial charge on any atom is 0.251 e. The molecule has 2 saturated heterocycles. The molecule has 9 heteroatoms. The van der Waals surface area contributed by atoms with Crippen LogP contribution in [0.5, 0.6) is 0 Å². The molecule has 2 aliphatic heterocycles. The number of benzene rings is 1. The molecule has 0 saturated carbocycles. The van der Waals surface area contributed by atoms with Crippen molar-refractivity contribution in [3.05, 3.63) is 34.1 Å². The van der Waals surface area contributed by atoms with E-state index in [9.17, 15) is 4.79 Å². The van der Waals surface area contributed by atoms with E-state index >= 15 is 0 Å². The summed E-state index contributed by atoms with van der Waals surface area (Å²) in [6.07, 6.45) is 1.55. The van der Waals surface area contributed by atoms with Crippen LogP contribution in [-0.2, 0) is 16.1 Å². The number of piperazine rings is 1. The van der Waals surface area contributed by atoms with Gasteiger partial charge in [-0.1, -0.05) is 23.2 Å². The fraction of sp³-hybridized carbons (Fsp3) is 0.500. The van der Waals surface area contributed by atoms with Gasteiger partial charge in [-0.2, -0.15) is 0 Å². The summed E-state index contributed by atoms with van der Waals surface area (Å²) in [5.74, 6) is 1.01. The Balaban J connectivity index is 1.33. The smallest absolute Gasteiger partial charge is 0.251 e. The van der Waals surface area contributed by atoms with E-state index in [1.807, 2.05) is 4.90 Å². The third-order valence-electron chi connectivity index (χ3n) is 4.88. The highest BCUT2D eigenvalue weighted by molar-refractivity contribution is 6.36. The van der Waals surface area contributed by atoms with Gasteiger partial charge < -0.3 is 14.1 Å². The fourth-order valence-corrected chi connectivity index (χ4v) is 3.87. The van der Waals surface area contributed by atoms with E-state index in [4.69, 9.17) is 32.4 Å². The molecule has 0 N–H and O–H groups in total. The van der Waals surface area contributed by atoms with Gasteiger partial charge in [-0.25, -0.2) is 0 Å².